The molecule has 0 saturated carbocycles. The van der Waals surface area contributed by atoms with Crippen LogP contribution < -0.4 is 0 Å². The van der Waals surface area contributed by atoms with Crippen LogP contribution in [-0.2, 0) is 0 Å². The summed E-state index contributed by atoms with van der Waals surface area (Å²) in [5.74, 6) is 0. The van der Waals surface area contributed by atoms with Gasteiger partial charge >= 0.3 is 0 Å². The van der Waals surface area contributed by atoms with Gasteiger partial charge in [0.2, 0.25) is 0 Å². The van der Waals surface area contributed by atoms with Crippen molar-refractivity contribution in [1.82, 2.24) is 0 Å². The Kier molecular flexibility index (Phi) is 2.44. The summed E-state index contributed by atoms with van der Waals surface area (Å²) in [4.78, 5) is 21.1. The second-order valence-corrected chi connectivity index (χ2v) is 2.54. The summed E-state index contributed by atoms with van der Waals surface area (Å²) in [7, 11) is 0. The average Bonchev–Trinajstić information content (AvgIpc) is 2.04. The molecule has 0 fully saturated rings. The molecule has 2 nitrogen and oxygen atoms in total. The molecule has 0 aliphatic rings. The maximum atomic E-state index is 10.3. The second kappa shape index (κ2) is 3.34. The maximum absolute atomic E-state index is 10.3. The molecule has 0 unspecified atom stereocenters. The number of thiol groups is 1. The molecule has 0 spiro atoms. The molecule has 0 bridgehead atoms. The minimum atomic E-state index is 0.499. The highest BCUT2D eigenvalue weighted by Crippen LogP contribution is 2.12. The molecule has 56 valence electrons. The Labute approximate surface area is 69.6 Å². The van der Waals surface area contributed by atoms with E-state index in [1.165, 1.54) is 0 Å². The van der Waals surface area contributed by atoms with Crippen molar-refractivity contribution in [2.75, 3.05) is 0 Å². The number of benzene rings is 1. The summed E-state index contributed by atoms with van der Waals surface area (Å²) >= 11 is 4.01. The van der Waals surface area contributed by atoms with Gasteiger partial charge in [0.15, 0.2) is 6.29 Å². The van der Waals surface area contributed by atoms with Crippen molar-refractivity contribution in [3.05, 3.63) is 29.3 Å². The lowest BCUT2D eigenvalue weighted by atomic mass is 10.2. The molecule has 1 aromatic carbocycles. The molecule has 1 aromatic rings. The van der Waals surface area contributed by atoms with Gasteiger partial charge in [-0.25, -0.2) is 0 Å². The summed E-state index contributed by atoms with van der Waals surface area (Å²) in [6.07, 6.45) is 1.42. The van der Waals surface area contributed by atoms with E-state index in [-0.39, 0.29) is 0 Å². The molecule has 3 heteroatoms. The highest BCUT2D eigenvalue weighted by Gasteiger charge is 1.97. The summed E-state index contributed by atoms with van der Waals surface area (Å²) < 4.78 is 0. The zero-order valence-electron chi connectivity index (χ0n) is 5.65. The van der Waals surface area contributed by atoms with E-state index in [0.717, 1.165) is 0 Å². The van der Waals surface area contributed by atoms with Gasteiger partial charge in [-0.05, 0) is 12.1 Å². The van der Waals surface area contributed by atoms with Gasteiger partial charge in [-0.15, -0.1) is 12.6 Å². The largest absolute Gasteiger partial charge is 0.298 e. The molecule has 0 amide bonds. The fourth-order valence-electron chi connectivity index (χ4n) is 0.734. The molecule has 1 rings (SSSR count). The van der Waals surface area contributed by atoms with E-state index in [4.69, 9.17) is 0 Å². The molecule has 0 aliphatic carbocycles. The fourth-order valence-corrected chi connectivity index (χ4v) is 1.01. The second-order valence-electron chi connectivity index (χ2n) is 2.05. The Morgan fingerprint density at radius 1 is 1.18 bits per heavy atom. The van der Waals surface area contributed by atoms with E-state index in [0.29, 0.717) is 28.6 Å². The Morgan fingerprint density at radius 2 is 1.91 bits per heavy atom. The molecule has 11 heavy (non-hydrogen) atoms. The topological polar surface area (TPSA) is 34.1 Å². The Morgan fingerprint density at radius 3 is 2.36 bits per heavy atom. The number of rotatable bonds is 2. The summed E-state index contributed by atoms with van der Waals surface area (Å²) in [6.45, 7) is 0. The highest BCUT2D eigenvalue weighted by atomic mass is 32.1. The van der Waals surface area contributed by atoms with Crippen molar-refractivity contribution in [2.24, 2.45) is 0 Å². The van der Waals surface area contributed by atoms with Gasteiger partial charge in [0.1, 0.15) is 6.29 Å². The Bertz CT molecular complexity index is 294. The maximum Gasteiger partial charge on any atom is 0.151 e. The number of carbonyl (C=O) groups is 2. The number of aldehydes is 2. The van der Waals surface area contributed by atoms with Crippen LogP contribution in [0, 0.1) is 0 Å². The number of carbonyl (C=O) groups excluding carboxylic acids is 2. The zero-order valence-corrected chi connectivity index (χ0v) is 6.54. The van der Waals surface area contributed by atoms with E-state index in [9.17, 15) is 9.59 Å². The molecule has 0 heterocycles. The molecule has 0 aromatic heterocycles. The number of hydrogen-bond acceptors (Lipinski definition) is 3. The van der Waals surface area contributed by atoms with E-state index in [1.807, 2.05) is 0 Å². The molecule has 0 radical (unpaired) electrons. The standard InChI is InChI=1S/C8H6O2S/c9-4-6-1-2-7(5-10)8(11)3-6/h1-5,11H. The average molecular weight is 166 g/mol. The van der Waals surface area contributed by atoms with Crippen LogP contribution >= 0.6 is 12.6 Å². The SMILES string of the molecule is O=Cc1ccc(C=O)c(S)c1. The third-order valence-electron chi connectivity index (χ3n) is 1.32. The predicted molar refractivity (Wildman–Crippen MR) is 44.5 cm³/mol. The van der Waals surface area contributed by atoms with Crippen LogP contribution in [-0.4, -0.2) is 12.6 Å². The van der Waals surface area contributed by atoms with Crippen LogP contribution in [0.1, 0.15) is 20.7 Å². The van der Waals surface area contributed by atoms with Crippen molar-refractivity contribution in [2.45, 2.75) is 4.90 Å². The third kappa shape index (κ3) is 1.68. The van der Waals surface area contributed by atoms with E-state index in [1.54, 1.807) is 18.2 Å². The van der Waals surface area contributed by atoms with Crippen LogP contribution in [0.3, 0.4) is 0 Å². The lowest BCUT2D eigenvalue weighted by molar-refractivity contribution is 0.111. The molecular formula is C8H6O2S. The molecule has 0 aliphatic heterocycles. The Hall–Kier alpha value is -1.09. The Balaban J connectivity index is 3.18. The lowest BCUT2D eigenvalue weighted by Gasteiger charge is -1.95. The van der Waals surface area contributed by atoms with Crippen LogP contribution in [0.2, 0.25) is 0 Å². The van der Waals surface area contributed by atoms with Crippen molar-refractivity contribution < 1.29 is 9.59 Å². The van der Waals surface area contributed by atoms with Crippen LogP contribution in [0.25, 0.3) is 0 Å². The van der Waals surface area contributed by atoms with Crippen LogP contribution in [0.4, 0.5) is 0 Å². The van der Waals surface area contributed by atoms with Gasteiger partial charge < -0.3 is 0 Å². The first-order valence-electron chi connectivity index (χ1n) is 3.01. The molecular weight excluding hydrogens is 160 g/mol. The van der Waals surface area contributed by atoms with Gasteiger partial charge in [-0.2, -0.15) is 0 Å². The fraction of sp³-hybridized carbons (Fsp3) is 0. The lowest BCUT2D eigenvalue weighted by Crippen LogP contribution is -1.85. The first-order valence-corrected chi connectivity index (χ1v) is 3.46. The predicted octanol–water partition coefficient (Wildman–Crippen LogP) is 1.60. The van der Waals surface area contributed by atoms with Crippen molar-refractivity contribution in [3.63, 3.8) is 0 Å². The minimum absolute atomic E-state index is 0.499. The first-order chi connectivity index (χ1) is 5.27. The van der Waals surface area contributed by atoms with Crippen LogP contribution in [0.5, 0.6) is 0 Å². The third-order valence-corrected chi connectivity index (χ3v) is 1.70. The smallest absolute Gasteiger partial charge is 0.151 e. The number of hydrogen-bond donors (Lipinski definition) is 1. The van der Waals surface area contributed by atoms with Crippen molar-refractivity contribution >= 4 is 25.2 Å². The zero-order chi connectivity index (χ0) is 8.27. The highest BCUT2D eigenvalue weighted by molar-refractivity contribution is 7.80. The van der Waals surface area contributed by atoms with Gasteiger partial charge in [0.25, 0.3) is 0 Å². The van der Waals surface area contributed by atoms with E-state index in [2.05, 4.69) is 12.6 Å². The van der Waals surface area contributed by atoms with Crippen molar-refractivity contribution in [1.29, 1.82) is 0 Å². The summed E-state index contributed by atoms with van der Waals surface area (Å²) in [6, 6.07) is 4.70. The summed E-state index contributed by atoms with van der Waals surface area (Å²) in [5.41, 5.74) is 1.03. The monoisotopic (exact) mass is 166 g/mol. The van der Waals surface area contributed by atoms with E-state index >= 15 is 0 Å². The molecule has 0 saturated heterocycles. The normalized spacial score (nSPS) is 9.18. The quantitative estimate of drug-likeness (QED) is 0.535. The minimum Gasteiger partial charge on any atom is -0.298 e. The van der Waals surface area contributed by atoms with E-state index < -0.39 is 0 Å². The van der Waals surface area contributed by atoms with Gasteiger partial charge in [-0.3, -0.25) is 9.59 Å². The first kappa shape index (κ1) is 8.01. The van der Waals surface area contributed by atoms with Gasteiger partial charge in [0, 0.05) is 16.0 Å². The molecule has 0 N–H and O–H groups in total. The molecule has 0 atom stereocenters. The van der Waals surface area contributed by atoms with Gasteiger partial charge in [-0.1, -0.05) is 6.07 Å². The van der Waals surface area contributed by atoms with Crippen LogP contribution in [0.15, 0.2) is 23.1 Å². The summed E-state index contributed by atoms with van der Waals surface area (Å²) in [5, 5.41) is 0. The van der Waals surface area contributed by atoms with Gasteiger partial charge in [0.05, 0.1) is 0 Å². The van der Waals surface area contributed by atoms with Crippen molar-refractivity contribution in [3.8, 4) is 0 Å².